The van der Waals surface area contributed by atoms with Crippen LogP contribution in [0.1, 0.15) is 51.9 Å². The predicted molar refractivity (Wildman–Crippen MR) is 82.3 cm³/mol. The van der Waals surface area contributed by atoms with Gasteiger partial charge in [-0.2, -0.15) is 5.10 Å². The van der Waals surface area contributed by atoms with Crippen LogP contribution in [0.2, 0.25) is 5.02 Å². The lowest BCUT2D eigenvalue weighted by atomic mass is 10.0. The molecule has 0 aliphatic rings. The molecular formula is C15H27ClN2O2. The number of aliphatic hydroxyl groups is 1. The van der Waals surface area contributed by atoms with Crippen LogP contribution in [0.3, 0.4) is 0 Å². The molecule has 116 valence electrons. The molecule has 1 N–H and O–H groups in total. The fraction of sp³-hybridized carbons (Fsp3) is 0.800. The van der Waals surface area contributed by atoms with Gasteiger partial charge in [0.1, 0.15) is 0 Å². The van der Waals surface area contributed by atoms with Crippen molar-refractivity contribution in [3.8, 4) is 0 Å². The zero-order chi connectivity index (χ0) is 15.1. The summed E-state index contributed by atoms with van der Waals surface area (Å²) in [5.41, 5.74) is 1.82. The second-order valence-electron chi connectivity index (χ2n) is 4.93. The Balaban J connectivity index is 2.87. The topological polar surface area (TPSA) is 47.3 Å². The molecule has 2 unspecified atom stereocenters. The summed E-state index contributed by atoms with van der Waals surface area (Å²) in [5.74, 6) is 0. The maximum absolute atomic E-state index is 10.4. The van der Waals surface area contributed by atoms with Crippen molar-refractivity contribution in [2.45, 2.75) is 72.1 Å². The lowest BCUT2D eigenvalue weighted by Gasteiger charge is -2.22. The minimum absolute atomic E-state index is 0.133. The Hall–Kier alpha value is -0.580. The summed E-state index contributed by atoms with van der Waals surface area (Å²) in [6, 6.07) is 0. The normalized spacial score (nSPS) is 14.5. The molecule has 0 spiro atoms. The number of hydrogen-bond donors (Lipinski definition) is 1. The SMILES string of the molecule is CCCC(OCC)C(O)Cc1c(Cl)c(CC)nn1CC. The number of aryl methyl sites for hydroxylation is 2. The average molecular weight is 303 g/mol. The van der Waals surface area contributed by atoms with Crippen LogP contribution in [-0.2, 0) is 24.1 Å². The molecule has 0 bridgehead atoms. The van der Waals surface area contributed by atoms with E-state index in [9.17, 15) is 5.11 Å². The molecule has 0 saturated carbocycles. The Kier molecular flexibility index (Phi) is 7.56. The summed E-state index contributed by atoms with van der Waals surface area (Å²) in [5, 5.41) is 15.6. The van der Waals surface area contributed by atoms with Gasteiger partial charge in [-0.25, -0.2) is 0 Å². The number of nitrogens with zero attached hydrogens (tertiary/aromatic N) is 2. The van der Waals surface area contributed by atoms with E-state index in [1.807, 2.05) is 25.5 Å². The summed E-state index contributed by atoms with van der Waals surface area (Å²) < 4.78 is 7.53. The minimum Gasteiger partial charge on any atom is -0.390 e. The van der Waals surface area contributed by atoms with Crippen molar-refractivity contribution in [2.24, 2.45) is 0 Å². The van der Waals surface area contributed by atoms with Crippen LogP contribution in [0.4, 0.5) is 0 Å². The standard InChI is InChI=1S/C15H27ClN2O2/c1-5-9-14(20-8-4)13(19)10-12-15(16)11(6-2)17-18(12)7-3/h13-14,19H,5-10H2,1-4H3. The van der Waals surface area contributed by atoms with Crippen molar-refractivity contribution in [1.82, 2.24) is 9.78 Å². The van der Waals surface area contributed by atoms with E-state index in [0.29, 0.717) is 18.1 Å². The van der Waals surface area contributed by atoms with Crippen LogP contribution in [0.25, 0.3) is 0 Å². The number of ether oxygens (including phenoxy) is 1. The third-order valence-electron chi connectivity index (χ3n) is 3.48. The van der Waals surface area contributed by atoms with Crippen molar-refractivity contribution in [2.75, 3.05) is 6.61 Å². The van der Waals surface area contributed by atoms with Crippen molar-refractivity contribution >= 4 is 11.6 Å². The molecule has 0 aliphatic carbocycles. The third kappa shape index (κ3) is 4.21. The second-order valence-corrected chi connectivity index (χ2v) is 5.31. The van der Waals surface area contributed by atoms with E-state index in [4.69, 9.17) is 16.3 Å². The van der Waals surface area contributed by atoms with Gasteiger partial charge >= 0.3 is 0 Å². The molecule has 0 saturated heterocycles. The number of rotatable bonds is 9. The molecule has 0 aliphatic heterocycles. The van der Waals surface area contributed by atoms with Crippen LogP contribution >= 0.6 is 11.6 Å². The molecular weight excluding hydrogens is 276 g/mol. The van der Waals surface area contributed by atoms with Gasteiger partial charge in [0.2, 0.25) is 0 Å². The summed E-state index contributed by atoms with van der Waals surface area (Å²) in [7, 11) is 0. The average Bonchev–Trinajstić information content (AvgIpc) is 2.75. The largest absolute Gasteiger partial charge is 0.390 e. The van der Waals surface area contributed by atoms with E-state index in [2.05, 4.69) is 12.0 Å². The van der Waals surface area contributed by atoms with Gasteiger partial charge in [0.05, 0.1) is 28.6 Å². The molecule has 0 amide bonds. The highest BCUT2D eigenvalue weighted by Crippen LogP contribution is 2.24. The second kappa shape index (κ2) is 8.65. The quantitative estimate of drug-likeness (QED) is 0.762. The molecule has 0 radical (unpaired) electrons. The van der Waals surface area contributed by atoms with Crippen LogP contribution in [0.15, 0.2) is 0 Å². The molecule has 4 nitrogen and oxygen atoms in total. The third-order valence-corrected chi connectivity index (χ3v) is 3.92. The summed E-state index contributed by atoms with van der Waals surface area (Å²) >= 11 is 6.38. The number of aromatic nitrogens is 2. The van der Waals surface area contributed by atoms with Crippen molar-refractivity contribution in [1.29, 1.82) is 0 Å². The maximum atomic E-state index is 10.4. The van der Waals surface area contributed by atoms with Crippen molar-refractivity contribution in [3.63, 3.8) is 0 Å². The minimum atomic E-state index is -0.542. The van der Waals surface area contributed by atoms with E-state index in [1.165, 1.54) is 0 Å². The molecule has 0 fully saturated rings. The number of aliphatic hydroxyl groups excluding tert-OH is 1. The zero-order valence-corrected chi connectivity index (χ0v) is 13.8. The first kappa shape index (κ1) is 17.5. The first-order chi connectivity index (χ1) is 9.58. The van der Waals surface area contributed by atoms with Gasteiger partial charge in [-0.15, -0.1) is 0 Å². The Bertz CT molecular complexity index is 401. The highest BCUT2D eigenvalue weighted by Gasteiger charge is 2.23. The maximum Gasteiger partial charge on any atom is 0.0857 e. The van der Waals surface area contributed by atoms with Crippen LogP contribution in [0, 0.1) is 0 Å². The van der Waals surface area contributed by atoms with E-state index in [1.54, 1.807) is 0 Å². The predicted octanol–water partition coefficient (Wildman–Crippen LogP) is 3.23. The van der Waals surface area contributed by atoms with Crippen molar-refractivity contribution in [3.05, 3.63) is 16.4 Å². The highest BCUT2D eigenvalue weighted by molar-refractivity contribution is 6.31. The Labute approximate surface area is 127 Å². The summed E-state index contributed by atoms with van der Waals surface area (Å²) in [4.78, 5) is 0. The van der Waals surface area contributed by atoms with Gasteiger partial charge in [-0.05, 0) is 26.7 Å². The molecule has 5 heteroatoms. The fourth-order valence-corrected chi connectivity index (χ4v) is 2.77. The molecule has 1 rings (SSSR count). The zero-order valence-electron chi connectivity index (χ0n) is 13.0. The Morgan fingerprint density at radius 2 is 2.00 bits per heavy atom. The molecule has 20 heavy (non-hydrogen) atoms. The van der Waals surface area contributed by atoms with E-state index < -0.39 is 6.10 Å². The fourth-order valence-electron chi connectivity index (χ4n) is 2.43. The lowest BCUT2D eigenvalue weighted by molar-refractivity contribution is -0.0370. The lowest BCUT2D eigenvalue weighted by Crippen LogP contribution is -2.31. The van der Waals surface area contributed by atoms with Gasteiger partial charge in [0.25, 0.3) is 0 Å². The molecule has 1 heterocycles. The molecule has 1 aromatic rings. The van der Waals surface area contributed by atoms with Gasteiger partial charge in [0, 0.05) is 19.6 Å². The van der Waals surface area contributed by atoms with Crippen LogP contribution in [-0.4, -0.2) is 33.7 Å². The van der Waals surface area contributed by atoms with E-state index in [0.717, 1.165) is 37.2 Å². The number of halogens is 1. The monoisotopic (exact) mass is 302 g/mol. The summed E-state index contributed by atoms with van der Waals surface area (Å²) in [6.07, 6.45) is 2.46. The van der Waals surface area contributed by atoms with E-state index >= 15 is 0 Å². The van der Waals surface area contributed by atoms with Crippen molar-refractivity contribution < 1.29 is 9.84 Å². The Morgan fingerprint density at radius 3 is 2.50 bits per heavy atom. The highest BCUT2D eigenvalue weighted by atomic mass is 35.5. The molecule has 1 aromatic heterocycles. The van der Waals surface area contributed by atoms with Gasteiger partial charge in [0.15, 0.2) is 0 Å². The van der Waals surface area contributed by atoms with Gasteiger partial charge in [-0.1, -0.05) is 31.9 Å². The first-order valence-corrected chi connectivity index (χ1v) is 8.00. The number of hydrogen-bond acceptors (Lipinski definition) is 3. The molecule has 2 atom stereocenters. The van der Waals surface area contributed by atoms with Crippen LogP contribution < -0.4 is 0 Å². The smallest absolute Gasteiger partial charge is 0.0857 e. The van der Waals surface area contributed by atoms with Gasteiger partial charge in [-0.3, -0.25) is 4.68 Å². The van der Waals surface area contributed by atoms with Crippen LogP contribution in [0.5, 0.6) is 0 Å². The van der Waals surface area contributed by atoms with E-state index in [-0.39, 0.29) is 6.10 Å². The first-order valence-electron chi connectivity index (χ1n) is 7.62. The molecule has 0 aromatic carbocycles. The summed E-state index contributed by atoms with van der Waals surface area (Å²) in [6.45, 7) is 9.49. The van der Waals surface area contributed by atoms with Gasteiger partial charge < -0.3 is 9.84 Å². The Morgan fingerprint density at radius 1 is 1.30 bits per heavy atom.